The average molecular weight is 281 g/mol. The third kappa shape index (κ3) is 2.90. The Labute approximate surface area is 122 Å². The molecule has 1 atom stereocenters. The Morgan fingerprint density at radius 1 is 0.800 bits per heavy atom. The highest BCUT2D eigenvalue weighted by Gasteiger charge is 2.09. The molecular weight excluding hydrogens is 266 g/mol. The van der Waals surface area contributed by atoms with E-state index < -0.39 is 0 Å². The summed E-state index contributed by atoms with van der Waals surface area (Å²) in [5, 5.41) is 2.04. The van der Waals surface area contributed by atoms with Gasteiger partial charge in [-0.2, -0.15) is 0 Å². The van der Waals surface area contributed by atoms with Gasteiger partial charge in [-0.05, 0) is 41.3 Å². The summed E-state index contributed by atoms with van der Waals surface area (Å²) in [7, 11) is 0. The summed E-state index contributed by atoms with van der Waals surface area (Å²) in [4.78, 5) is 1.17. The van der Waals surface area contributed by atoms with Gasteiger partial charge in [-0.1, -0.05) is 36.4 Å². The molecule has 20 heavy (non-hydrogen) atoms. The fourth-order valence-electron chi connectivity index (χ4n) is 2.00. The quantitative estimate of drug-likeness (QED) is 0.759. The summed E-state index contributed by atoms with van der Waals surface area (Å²) >= 11 is 1.68. The molecule has 100 valence electrons. The number of thiophene rings is 1. The van der Waals surface area contributed by atoms with E-state index in [2.05, 4.69) is 6.07 Å². The molecule has 0 fully saturated rings. The van der Waals surface area contributed by atoms with E-state index in [-0.39, 0.29) is 6.04 Å². The summed E-state index contributed by atoms with van der Waals surface area (Å²) in [6.45, 7) is 0. The number of rotatable bonds is 4. The lowest BCUT2D eigenvalue weighted by atomic mass is 10.1. The fourth-order valence-corrected chi connectivity index (χ4v) is 2.75. The van der Waals surface area contributed by atoms with Crippen LogP contribution in [0.4, 0.5) is 0 Å². The molecule has 1 heterocycles. The maximum absolute atomic E-state index is 6.23. The van der Waals surface area contributed by atoms with Gasteiger partial charge in [-0.3, -0.25) is 0 Å². The highest BCUT2D eigenvalue weighted by Crippen LogP contribution is 2.27. The van der Waals surface area contributed by atoms with Crippen LogP contribution in [-0.4, -0.2) is 0 Å². The zero-order valence-corrected chi connectivity index (χ0v) is 11.7. The van der Waals surface area contributed by atoms with Gasteiger partial charge in [-0.15, -0.1) is 11.3 Å². The zero-order chi connectivity index (χ0) is 13.8. The van der Waals surface area contributed by atoms with Crippen LogP contribution in [0.2, 0.25) is 0 Å². The predicted octanol–water partition coefficient (Wildman–Crippen LogP) is 4.59. The van der Waals surface area contributed by atoms with Gasteiger partial charge < -0.3 is 10.5 Å². The molecule has 2 N–H and O–H groups in total. The molecule has 0 amide bonds. The Bertz CT molecular complexity index is 647. The van der Waals surface area contributed by atoms with Crippen molar-refractivity contribution in [3.05, 3.63) is 82.6 Å². The SMILES string of the molecule is N[C@H](c1ccc(Oc2ccccc2)cc1)c1cccs1. The molecule has 3 heteroatoms. The standard InChI is InChI=1S/C17H15NOS/c18-17(16-7-4-12-20-16)13-8-10-15(11-9-13)19-14-5-2-1-3-6-14/h1-12,17H,18H2/t17-/m1/s1. The lowest BCUT2D eigenvalue weighted by Crippen LogP contribution is -2.09. The first kappa shape index (κ1) is 12.9. The van der Waals surface area contributed by atoms with Crippen LogP contribution < -0.4 is 10.5 Å². The molecule has 1 aromatic heterocycles. The lowest BCUT2D eigenvalue weighted by molar-refractivity contribution is 0.482. The van der Waals surface area contributed by atoms with Crippen LogP contribution in [0, 0.1) is 0 Å². The van der Waals surface area contributed by atoms with Gasteiger partial charge in [0.15, 0.2) is 0 Å². The van der Waals surface area contributed by atoms with Gasteiger partial charge in [0.1, 0.15) is 11.5 Å². The Balaban J connectivity index is 1.75. The van der Waals surface area contributed by atoms with Crippen LogP contribution in [0.3, 0.4) is 0 Å². The second kappa shape index (κ2) is 5.90. The summed E-state index contributed by atoms with van der Waals surface area (Å²) in [5.41, 5.74) is 7.32. The molecular formula is C17H15NOS. The van der Waals surface area contributed by atoms with Crippen LogP contribution in [0.5, 0.6) is 11.5 Å². The first-order chi connectivity index (χ1) is 9.83. The first-order valence-electron chi connectivity index (χ1n) is 6.45. The van der Waals surface area contributed by atoms with E-state index in [0.29, 0.717) is 0 Å². The molecule has 0 saturated carbocycles. The lowest BCUT2D eigenvalue weighted by Gasteiger charge is -2.11. The summed E-state index contributed by atoms with van der Waals surface area (Å²) < 4.78 is 5.77. The first-order valence-corrected chi connectivity index (χ1v) is 7.33. The minimum Gasteiger partial charge on any atom is -0.457 e. The summed E-state index contributed by atoms with van der Waals surface area (Å²) in [6.07, 6.45) is 0. The number of nitrogens with two attached hydrogens (primary N) is 1. The fraction of sp³-hybridized carbons (Fsp3) is 0.0588. The third-order valence-electron chi connectivity index (χ3n) is 3.07. The second-order valence-electron chi connectivity index (χ2n) is 4.48. The topological polar surface area (TPSA) is 35.2 Å². The zero-order valence-electron chi connectivity index (χ0n) is 10.9. The van der Waals surface area contributed by atoms with E-state index in [1.807, 2.05) is 66.0 Å². The molecule has 0 aliphatic carbocycles. The number of ether oxygens (including phenoxy) is 1. The third-order valence-corrected chi connectivity index (χ3v) is 4.02. The van der Waals surface area contributed by atoms with E-state index in [1.54, 1.807) is 11.3 Å². The van der Waals surface area contributed by atoms with E-state index in [0.717, 1.165) is 17.1 Å². The van der Waals surface area contributed by atoms with E-state index in [1.165, 1.54) is 4.88 Å². The number of para-hydroxylation sites is 1. The molecule has 0 unspecified atom stereocenters. The van der Waals surface area contributed by atoms with Crippen LogP contribution >= 0.6 is 11.3 Å². The van der Waals surface area contributed by atoms with Crippen LogP contribution in [0.25, 0.3) is 0 Å². The molecule has 3 aromatic rings. The highest BCUT2D eigenvalue weighted by molar-refractivity contribution is 7.10. The van der Waals surface area contributed by atoms with Gasteiger partial charge in [0, 0.05) is 4.88 Å². The molecule has 0 bridgehead atoms. The maximum Gasteiger partial charge on any atom is 0.127 e. The molecule has 0 radical (unpaired) electrons. The van der Waals surface area contributed by atoms with Crippen molar-refractivity contribution in [2.24, 2.45) is 5.73 Å². The Hall–Kier alpha value is -2.10. The molecule has 2 aromatic carbocycles. The summed E-state index contributed by atoms with van der Waals surface area (Å²) in [5.74, 6) is 1.65. The van der Waals surface area contributed by atoms with Crippen molar-refractivity contribution < 1.29 is 4.74 Å². The van der Waals surface area contributed by atoms with Crippen molar-refractivity contribution in [3.8, 4) is 11.5 Å². The minimum absolute atomic E-state index is 0.0687. The minimum atomic E-state index is -0.0687. The molecule has 0 spiro atoms. The van der Waals surface area contributed by atoms with Gasteiger partial charge in [-0.25, -0.2) is 0 Å². The Kier molecular flexibility index (Phi) is 3.81. The number of benzene rings is 2. The van der Waals surface area contributed by atoms with Crippen LogP contribution in [-0.2, 0) is 0 Å². The Morgan fingerprint density at radius 3 is 2.15 bits per heavy atom. The van der Waals surface area contributed by atoms with Crippen molar-refractivity contribution in [3.63, 3.8) is 0 Å². The smallest absolute Gasteiger partial charge is 0.127 e. The largest absolute Gasteiger partial charge is 0.457 e. The highest BCUT2D eigenvalue weighted by atomic mass is 32.1. The van der Waals surface area contributed by atoms with Gasteiger partial charge >= 0.3 is 0 Å². The summed E-state index contributed by atoms with van der Waals surface area (Å²) in [6, 6.07) is 21.7. The van der Waals surface area contributed by atoms with E-state index in [4.69, 9.17) is 10.5 Å². The van der Waals surface area contributed by atoms with Gasteiger partial charge in [0.05, 0.1) is 6.04 Å². The van der Waals surface area contributed by atoms with Crippen LogP contribution in [0.1, 0.15) is 16.5 Å². The molecule has 0 aliphatic heterocycles. The average Bonchev–Trinajstić information content (AvgIpc) is 3.03. The van der Waals surface area contributed by atoms with Crippen molar-refractivity contribution in [2.45, 2.75) is 6.04 Å². The van der Waals surface area contributed by atoms with E-state index >= 15 is 0 Å². The van der Waals surface area contributed by atoms with Crippen molar-refractivity contribution >= 4 is 11.3 Å². The molecule has 2 nitrogen and oxygen atoms in total. The van der Waals surface area contributed by atoms with Gasteiger partial charge in [0.2, 0.25) is 0 Å². The van der Waals surface area contributed by atoms with Crippen molar-refractivity contribution in [1.29, 1.82) is 0 Å². The molecule has 3 rings (SSSR count). The maximum atomic E-state index is 6.23. The van der Waals surface area contributed by atoms with Gasteiger partial charge in [0.25, 0.3) is 0 Å². The normalized spacial score (nSPS) is 12.1. The van der Waals surface area contributed by atoms with E-state index in [9.17, 15) is 0 Å². The predicted molar refractivity (Wildman–Crippen MR) is 83.3 cm³/mol. The molecule has 0 aliphatic rings. The monoisotopic (exact) mass is 281 g/mol. The Morgan fingerprint density at radius 2 is 1.50 bits per heavy atom. The number of hydrogen-bond acceptors (Lipinski definition) is 3. The molecule has 0 saturated heterocycles. The second-order valence-corrected chi connectivity index (χ2v) is 5.46. The number of hydrogen-bond donors (Lipinski definition) is 1. The van der Waals surface area contributed by atoms with Crippen molar-refractivity contribution in [2.75, 3.05) is 0 Å². The van der Waals surface area contributed by atoms with Crippen molar-refractivity contribution in [1.82, 2.24) is 0 Å². The van der Waals surface area contributed by atoms with Crippen LogP contribution in [0.15, 0.2) is 72.1 Å².